The van der Waals surface area contributed by atoms with Crippen LogP contribution in [0.5, 0.6) is 0 Å². The van der Waals surface area contributed by atoms with Gasteiger partial charge in [-0.1, -0.05) is 23.8 Å². The van der Waals surface area contributed by atoms with Crippen LogP contribution in [0.2, 0.25) is 0 Å². The first kappa shape index (κ1) is 15.9. The largest absolute Gasteiger partial charge is 0.481 e. The summed E-state index contributed by atoms with van der Waals surface area (Å²) in [6.07, 6.45) is 4.56. The van der Waals surface area contributed by atoms with Gasteiger partial charge in [-0.25, -0.2) is 8.78 Å². The molecule has 1 rings (SSSR count). The van der Waals surface area contributed by atoms with Gasteiger partial charge in [0.2, 0.25) is 0 Å². The third kappa shape index (κ3) is 5.53. The molecular formula is C15H22F2O2. The van der Waals surface area contributed by atoms with E-state index in [4.69, 9.17) is 5.11 Å². The van der Waals surface area contributed by atoms with Crippen molar-refractivity contribution in [3.63, 3.8) is 0 Å². The summed E-state index contributed by atoms with van der Waals surface area (Å²) >= 11 is 0. The van der Waals surface area contributed by atoms with Crippen LogP contribution in [0, 0.1) is 5.92 Å². The van der Waals surface area contributed by atoms with Crippen LogP contribution in [0.1, 0.15) is 51.9 Å². The number of halogens is 2. The van der Waals surface area contributed by atoms with Gasteiger partial charge in [0.1, 0.15) is 0 Å². The average Bonchev–Trinajstić information content (AvgIpc) is 2.44. The molecule has 0 aromatic rings. The molecule has 1 N–H and O–H groups in total. The molecule has 19 heavy (non-hydrogen) atoms. The van der Waals surface area contributed by atoms with Gasteiger partial charge in [0.25, 0.3) is 5.92 Å². The maximum Gasteiger partial charge on any atom is 0.310 e. The normalized spacial score (nSPS) is 20.3. The summed E-state index contributed by atoms with van der Waals surface area (Å²) in [5, 5.41) is 9.01. The number of hydrogen-bond donors (Lipinski definition) is 1. The van der Waals surface area contributed by atoms with E-state index in [1.54, 1.807) is 6.92 Å². The Morgan fingerprint density at radius 2 is 2.26 bits per heavy atom. The van der Waals surface area contributed by atoms with E-state index in [2.05, 4.69) is 6.58 Å². The maximum atomic E-state index is 13.4. The number of hydrogen-bond acceptors (Lipinski definition) is 1. The highest BCUT2D eigenvalue weighted by Crippen LogP contribution is 2.34. The van der Waals surface area contributed by atoms with Crippen molar-refractivity contribution in [2.75, 3.05) is 0 Å². The van der Waals surface area contributed by atoms with Crippen molar-refractivity contribution in [2.24, 2.45) is 5.92 Å². The minimum absolute atomic E-state index is 0.0451. The van der Waals surface area contributed by atoms with Crippen LogP contribution >= 0.6 is 0 Å². The Bertz CT molecular complexity index is 358. The topological polar surface area (TPSA) is 37.3 Å². The second-order valence-electron chi connectivity index (χ2n) is 5.42. The highest BCUT2D eigenvalue weighted by Gasteiger charge is 2.30. The van der Waals surface area contributed by atoms with Gasteiger partial charge in [-0.2, -0.15) is 0 Å². The minimum Gasteiger partial charge on any atom is -0.481 e. The van der Waals surface area contributed by atoms with E-state index in [9.17, 15) is 13.6 Å². The summed E-state index contributed by atoms with van der Waals surface area (Å²) in [5.41, 5.74) is 1.39. The molecule has 4 heteroatoms. The molecule has 0 unspecified atom stereocenters. The van der Waals surface area contributed by atoms with Gasteiger partial charge < -0.3 is 5.11 Å². The van der Waals surface area contributed by atoms with Crippen molar-refractivity contribution in [3.05, 3.63) is 23.8 Å². The first-order valence-corrected chi connectivity index (χ1v) is 6.76. The Morgan fingerprint density at radius 1 is 1.58 bits per heavy atom. The molecule has 0 bridgehead atoms. The molecule has 108 valence electrons. The standard InChI is InChI=1S/C15H22F2O2/c1-11(2)13(14(18)19)8-5-7-12-6-3-4-9-15(16,17)10-12/h6,13H,1,3-5,7-10H2,2H3,(H,18,19)/t13-/m1/s1. The third-order valence-corrected chi connectivity index (χ3v) is 3.55. The lowest BCUT2D eigenvalue weighted by molar-refractivity contribution is -0.140. The van der Waals surface area contributed by atoms with E-state index in [1.165, 1.54) is 0 Å². The predicted molar refractivity (Wildman–Crippen MR) is 71.3 cm³/mol. The number of carbonyl (C=O) groups is 1. The molecule has 0 aliphatic heterocycles. The molecular weight excluding hydrogens is 250 g/mol. The molecule has 0 aromatic carbocycles. The fourth-order valence-electron chi connectivity index (χ4n) is 2.46. The maximum absolute atomic E-state index is 13.4. The second-order valence-corrected chi connectivity index (χ2v) is 5.42. The molecule has 0 aromatic heterocycles. The minimum atomic E-state index is -2.59. The number of aliphatic carboxylic acids is 1. The van der Waals surface area contributed by atoms with Crippen LogP contribution in [-0.2, 0) is 4.79 Å². The van der Waals surface area contributed by atoms with Gasteiger partial charge in [-0.3, -0.25) is 4.79 Å². The molecule has 0 heterocycles. The Morgan fingerprint density at radius 3 is 2.84 bits per heavy atom. The summed E-state index contributed by atoms with van der Waals surface area (Å²) in [6, 6.07) is 0. The predicted octanol–water partition coefficient (Wildman–Crippen LogP) is 4.57. The lowest BCUT2D eigenvalue weighted by Gasteiger charge is -2.16. The Labute approximate surface area is 113 Å². The first-order valence-electron chi connectivity index (χ1n) is 6.76. The lowest BCUT2D eigenvalue weighted by atomic mass is 9.93. The van der Waals surface area contributed by atoms with Crippen molar-refractivity contribution in [3.8, 4) is 0 Å². The van der Waals surface area contributed by atoms with Crippen molar-refractivity contribution in [2.45, 2.75) is 57.8 Å². The van der Waals surface area contributed by atoms with Gasteiger partial charge >= 0.3 is 5.97 Å². The van der Waals surface area contributed by atoms with Crippen LogP contribution in [-0.4, -0.2) is 17.0 Å². The number of rotatable bonds is 6. The summed E-state index contributed by atoms with van der Waals surface area (Å²) in [4.78, 5) is 11.0. The highest BCUT2D eigenvalue weighted by atomic mass is 19.3. The number of carboxylic acids is 1. The van der Waals surface area contributed by atoms with E-state index in [0.29, 0.717) is 37.7 Å². The fraction of sp³-hybridized carbons (Fsp3) is 0.667. The van der Waals surface area contributed by atoms with Crippen molar-refractivity contribution >= 4 is 5.97 Å². The van der Waals surface area contributed by atoms with Crippen molar-refractivity contribution < 1.29 is 18.7 Å². The lowest BCUT2D eigenvalue weighted by Crippen LogP contribution is -2.16. The van der Waals surface area contributed by atoms with Gasteiger partial charge in [0.05, 0.1) is 5.92 Å². The second kappa shape index (κ2) is 6.83. The fourth-order valence-corrected chi connectivity index (χ4v) is 2.46. The summed E-state index contributed by atoms with van der Waals surface area (Å²) in [7, 11) is 0. The zero-order valence-corrected chi connectivity index (χ0v) is 11.4. The molecule has 0 saturated heterocycles. The van der Waals surface area contributed by atoms with Crippen LogP contribution < -0.4 is 0 Å². The molecule has 0 radical (unpaired) electrons. The van der Waals surface area contributed by atoms with E-state index in [0.717, 1.165) is 5.57 Å². The van der Waals surface area contributed by atoms with E-state index >= 15 is 0 Å². The molecule has 0 saturated carbocycles. The molecule has 1 aliphatic carbocycles. The zero-order valence-electron chi connectivity index (χ0n) is 11.4. The molecule has 0 fully saturated rings. The number of alkyl halides is 2. The van der Waals surface area contributed by atoms with Crippen LogP contribution in [0.3, 0.4) is 0 Å². The van der Waals surface area contributed by atoms with Gasteiger partial charge in [-0.05, 0) is 39.0 Å². The van der Waals surface area contributed by atoms with E-state index < -0.39 is 17.8 Å². The molecule has 2 nitrogen and oxygen atoms in total. The van der Waals surface area contributed by atoms with Gasteiger partial charge in [0.15, 0.2) is 0 Å². The van der Waals surface area contributed by atoms with E-state index in [1.807, 2.05) is 6.08 Å². The third-order valence-electron chi connectivity index (χ3n) is 3.55. The molecule has 1 atom stereocenters. The zero-order chi connectivity index (χ0) is 14.5. The molecule has 0 amide bonds. The Hall–Kier alpha value is -1.19. The highest BCUT2D eigenvalue weighted by molar-refractivity contribution is 5.73. The smallest absolute Gasteiger partial charge is 0.310 e. The quantitative estimate of drug-likeness (QED) is 0.719. The SMILES string of the molecule is C=C(C)[C@@H](CCCC1=CCCCC(F)(F)C1)C(=O)O. The average molecular weight is 272 g/mol. The monoisotopic (exact) mass is 272 g/mol. The van der Waals surface area contributed by atoms with E-state index in [-0.39, 0.29) is 12.8 Å². The number of carboxylic acid groups (broad SMARTS) is 1. The first-order chi connectivity index (χ1) is 8.82. The van der Waals surface area contributed by atoms with Crippen LogP contribution in [0.15, 0.2) is 23.8 Å². The molecule has 1 aliphatic rings. The van der Waals surface area contributed by atoms with Crippen molar-refractivity contribution in [1.29, 1.82) is 0 Å². The van der Waals surface area contributed by atoms with Gasteiger partial charge in [-0.15, -0.1) is 0 Å². The number of allylic oxidation sites excluding steroid dienone is 2. The Balaban J connectivity index is 2.45. The summed E-state index contributed by atoms with van der Waals surface area (Å²) in [5.74, 6) is -4.04. The molecule has 0 spiro atoms. The summed E-state index contributed by atoms with van der Waals surface area (Å²) in [6.45, 7) is 5.36. The Kier molecular flexibility index (Phi) is 5.70. The van der Waals surface area contributed by atoms with Crippen molar-refractivity contribution in [1.82, 2.24) is 0 Å². The van der Waals surface area contributed by atoms with Crippen LogP contribution in [0.4, 0.5) is 8.78 Å². The van der Waals surface area contributed by atoms with Gasteiger partial charge in [0, 0.05) is 12.8 Å². The van der Waals surface area contributed by atoms with Crippen LogP contribution in [0.25, 0.3) is 0 Å². The summed E-state index contributed by atoms with van der Waals surface area (Å²) < 4.78 is 26.8.